The molecular weight excluding hydrogens is 313 g/mol. The van der Waals surface area contributed by atoms with Gasteiger partial charge in [0.05, 0.1) is 18.1 Å². The Morgan fingerprint density at radius 1 is 1.43 bits per heavy atom. The Kier molecular flexibility index (Phi) is 5.36. The van der Waals surface area contributed by atoms with Crippen LogP contribution in [0.4, 0.5) is 0 Å². The van der Waals surface area contributed by atoms with E-state index in [4.69, 9.17) is 27.9 Å². The summed E-state index contributed by atoms with van der Waals surface area (Å²) in [5.74, 6) is -0.449. The number of ether oxygens (including phenoxy) is 1. The number of piperidine rings is 1. The second-order valence-corrected chi connectivity index (χ2v) is 6.31. The maximum absolute atomic E-state index is 11.2. The molecule has 0 spiro atoms. The van der Waals surface area contributed by atoms with E-state index in [-0.39, 0.29) is 5.92 Å². The summed E-state index contributed by atoms with van der Waals surface area (Å²) in [5, 5.41) is 10.2. The maximum atomic E-state index is 11.2. The van der Waals surface area contributed by atoms with Crippen molar-refractivity contribution in [3.63, 3.8) is 0 Å². The summed E-state index contributed by atoms with van der Waals surface area (Å²) in [6, 6.07) is 3.79. The summed E-state index contributed by atoms with van der Waals surface area (Å²) in [7, 11) is 1.57. The number of carboxylic acid groups (broad SMARTS) is 1. The Bertz CT molecular complexity index is 536. The number of hydrogen-bond acceptors (Lipinski definition) is 3. The van der Waals surface area contributed by atoms with Crippen molar-refractivity contribution in [3.05, 3.63) is 27.7 Å². The molecule has 2 unspecified atom stereocenters. The van der Waals surface area contributed by atoms with Gasteiger partial charge in [-0.05, 0) is 31.9 Å². The van der Waals surface area contributed by atoms with Gasteiger partial charge in [0.2, 0.25) is 0 Å². The van der Waals surface area contributed by atoms with Crippen LogP contribution in [0.3, 0.4) is 0 Å². The molecule has 0 bridgehead atoms. The highest BCUT2D eigenvalue weighted by atomic mass is 35.5. The largest absolute Gasteiger partial charge is 0.495 e. The quantitative estimate of drug-likeness (QED) is 0.914. The van der Waals surface area contributed by atoms with Crippen LogP contribution in [0.5, 0.6) is 5.75 Å². The molecule has 116 valence electrons. The zero-order chi connectivity index (χ0) is 15.6. The van der Waals surface area contributed by atoms with E-state index in [1.165, 1.54) is 0 Å². The molecule has 6 heteroatoms. The normalized spacial score (nSPS) is 23.0. The molecule has 4 nitrogen and oxygen atoms in total. The van der Waals surface area contributed by atoms with Crippen molar-refractivity contribution in [1.82, 2.24) is 4.90 Å². The fraction of sp³-hybridized carbons (Fsp3) is 0.533. The number of carboxylic acids is 1. The molecule has 0 radical (unpaired) electrons. The third-order valence-corrected chi connectivity index (χ3v) is 4.52. The minimum atomic E-state index is -0.733. The Morgan fingerprint density at radius 3 is 2.76 bits per heavy atom. The number of nitrogens with zero attached hydrogens (tertiary/aromatic N) is 1. The van der Waals surface area contributed by atoms with Crippen molar-refractivity contribution in [2.45, 2.75) is 32.4 Å². The first-order chi connectivity index (χ1) is 9.92. The fourth-order valence-corrected chi connectivity index (χ4v) is 3.39. The van der Waals surface area contributed by atoms with E-state index in [0.29, 0.717) is 34.9 Å². The lowest BCUT2D eigenvalue weighted by Gasteiger charge is -2.36. The third-order valence-electron chi connectivity index (χ3n) is 4.02. The molecule has 1 aliphatic heterocycles. The van der Waals surface area contributed by atoms with Crippen LogP contribution >= 0.6 is 23.2 Å². The summed E-state index contributed by atoms with van der Waals surface area (Å²) in [4.78, 5) is 13.3. The summed E-state index contributed by atoms with van der Waals surface area (Å²) in [5.41, 5.74) is 0.882. The van der Waals surface area contributed by atoms with E-state index < -0.39 is 5.97 Å². The molecule has 0 amide bonds. The highest BCUT2D eigenvalue weighted by Crippen LogP contribution is 2.34. The summed E-state index contributed by atoms with van der Waals surface area (Å²) >= 11 is 12.2. The molecular formula is C15H19Cl2NO3. The van der Waals surface area contributed by atoms with Crippen molar-refractivity contribution < 1.29 is 14.6 Å². The molecule has 1 N–H and O–H groups in total. The van der Waals surface area contributed by atoms with Gasteiger partial charge in [-0.3, -0.25) is 9.69 Å². The van der Waals surface area contributed by atoms with Gasteiger partial charge in [0, 0.05) is 29.7 Å². The molecule has 2 atom stereocenters. The van der Waals surface area contributed by atoms with Gasteiger partial charge in [0.1, 0.15) is 5.75 Å². The first-order valence-electron chi connectivity index (χ1n) is 6.91. The molecule has 1 saturated heterocycles. The van der Waals surface area contributed by atoms with E-state index >= 15 is 0 Å². The van der Waals surface area contributed by atoms with Crippen molar-refractivity contribution in [1.29, 1.82) is 0 Å². The molecule has 1 aromatic carbocycles. The van der Waals surface area contributed by atoms with E-state index in [2.05, 4.69) is 11.8 Å². The molecule has 1 aromatic rings. The van der Waals surface area contributed by atoms with Crippen LogP contribution in [-0.2, 0) is 11.3 Å². The van der Waals surface area contributed by atoms with Crippen molar-refractivity contribution in [2.75, 3.05) is 13.7 Å². The smallest absolute Gasteiger partial charge is 0.307 e. The van der Waals surface area contributed by atoms with Crippen molar-refractivity contribution >= 4 is 29.2 Å². The monoisotopic (exact) mass is 331 g/mol. The first-order valence-corrected chi connectivity index (χ1v) is 7.66. The minimum absolute atomic E-state index is 0.318. The lowest BCUT2D eigenvalue weighted by molar-refractivity contribution is -0.144. The van der Waals surface area contributed by atoms with Gasteiger partial charge in [-0.25, -0.2) is 0 Å². The van der Waals surface area contributed by atoms with E-state index in [0.717, 1.165) is 18.4 Å². The Balaban J connectivity index is 2.22. The summed E-state index contributed by atoms with van der Waals surface area (Å²) in [6.45, 7) is 3.22. The maximum Gasteiger partial charge on any atom is 0.307 e. The predicted octanol–water partition coefficient (Wildman–Crippen LogP) is 3.69. The number of methoxy groups -OCH3 is 1. The summed E-state index contributed by atoms with van der Waals surface area (Å²) < 4.78 is 5.35. The topological polar surface area (TPSA) is 49.8 Å². The Labute approximate surface area is 134 Å². The lowest BCUT2D eigenvalue weighted by Crippen LogP contribution is -2.43. The second kappa shape index (κ2) is 6.86. The van der Waals surface area contributed by atoms with Crippen LogP contribution in [0.1, 0.15) is 25.3 Å². The number of benzene rings is 1. The third kappa shape index (κ3) is 3.82. The minimum Gasteiger partial charge on any atom is -0.495 e. The number of likely N-dealkylation sites (tertiary alicyclic amines) is 1. The van der Waals surface area contributed by atoms with Gasteiger partial charge in [-0.2, -0.15) is 0 Å². The number of carbonyl (C=O) groups is 1. The SMILES string of the molecule is COc1c(Cl)cc(Cl)cc1CN1CC(C(=O)O)CCC1C. The lowest BCUT2D eigenvalue weighted by atomic mass is 9.93. The number of halogens is 2. The van der Waals surface area contributed by atoms with Gasteiger partial charge >= 0.3 is 5.97 Å². The molecule has 0 aliphatic carbocycles. The first kappa shape index (κ1) is 16.4. The standard InChI is InChI=1S/C15H19Cl2NO3/c1-9-3-4-10(15(19)20)7-18(9)8-11-5-12(16)6-13(17)14(11)21-2/h5-6,9-10H,3-4,7-8H2,1-2H3,(H,19,20). The van der Waals surface area contributed by atoms with Crippen LogP contribution in [0, 0.1) is 5.92 Å². The molecule has 1 fully saturated rings. The zero-order valence-corrected chi connectivity index (χ0v) is 13.6. The summed E-state index contributed by atoms with van der Waals surface area (Å²) in [6.07, 6.45) is 1.59. The molecule has 21 heavy (non-hydrogen) atoms. The number of aliphatic carboxylic acids is 1. The molecule has 1 heterocycles. The molecule has 1 aliphatic rings. The fourth-order valence-electron chi connectivity index (χ4n) is 2.78. The highest BCUT2D eigenvalue weighted by molar-refractivity contribution is 6.35. The van der Waals surface area contributed by atoms with Crippen LogP contribution in [0.25, 0.3) is 0 Å². The van der Waals surface area contributed by atoms with Gasteiger partial charge in [0.25, 0.3) is 0 Å². The van der Waals surface area contributed by atoms with Gasteiger partial charge in [-0.15, -0.1) is 0 Å². The van der Waals surface area contributed by atoms with Gasteiger partial charge in [0.15, 0.2) is 0 Å². The average molecular weight is 332 g/mol. The highest BCUT2D eigenvalue weighted by Gasteiger charge is 2.30. The van der Waals surface area contributed by atoms with Crippen LogP contribution < -0.4 is 4.74 Å². The molecule has 0 saturated carbocycles. The Hall–Kier alpha value is -0.970. The van der Waals surface area contributed by atoms with Crippen LogP contribution in [-0.4, -0.2) is 35.7 Å². The number of hydrogen-bond donors (Lipinski definition) is 1. The van der Waals surface area contributed by atoms with Crippen molar-refractivity contribution in [3.8, 4) is 5.75 Å². The zero-order valence-electron chi connectivity index (χ0n) is 12.1. The molecule has 0 aromatic heterocycles. The second-order valence-electron chi connectivity index (χ2n) is 5.47. The van der Waals surface area contributed by atoms with Crippen molar-refractivity contribution in [2.24, 2.45) is 5.92 Å². The van der Waals surface area contributed by atoms with Gasteiger partial charge in [-0.1, -0.05) is 23.2 Å². The number of rotatable bonds is 4. The Morgan fingerprint density at radius 2 is 2.14 bits per heavy atom. The predicted molar refractivity (Wildman–Crippen MR) is 83.2 cm³/mol. The van der Waals surface area contributed by atoms with Crippen LogP contribution in [0.2, 0.25) is 10.0 Å². The van der Waals surface area contributed by atoms with Crippen LogP contribution in [0.15, 0.2) is 12.1 Å². The van der Waals surface area contributed by atoms with E-state index in [1.807, 2.05) is 6.07 Å². The average Bonchev–Trinajstić information content (AvgIpc) is 2.40. The van der Waals surface area contributed by atoms with E-state index in [9.17, 15) is 9.90 Å². The van der Waals surface area contributed by atoms with E-state index in [1.54, 1.807) is 13.2 Å². The molecule has 2 rings (SSSR count). The van der Waals surface area contributed by atoms with Gasteiger partial charge < -0.3 is 9.84 Å².